The molecule has 0 saturated carbocycles. The number of fused-ring (bicyclic) bond motifs is 1. The van der Waals surface area contributed by atoms with Crippen molar-refractivity contribution in [3.05, 3.63) is 64.9 Å². The zero-order valence-corrected chi connectivity index (χ0v) is 15.4. The maximum absolute atomic E-state index is 12.8. The van der Waals surface area contributed by atoms with Crippen LogP contribution in [0.5, 0.6) is 0 Å². The third kappa shape index (κ3) is 5.21. The summed E-state index contributed by atoms with van der Waals surface area (Å²) < 4.78 is 14.0. The van der Waals surface area contributed by atoms with Crippen LogP contribution >= 0.6 is 23.6 Å². The molecule has 2 aromatic carbocycles. The van der Waals surface area contributed by atoms with Gasteiger partial charge in [-0.25, -0.2) is 9.37 Å². The van der Waals surface area contributed by atoms with E-state index in [1.54, 1.807) is 23.5 Å². The highest BCUT2D eigenvalue weighted by atomic mass is 32.1. The molecule has 0 fully saturated rings. The lowest BCUT2D eigenvalue weighted by Crippen LogP contribution is -2.46. The summed E-state index contributed by atoms with van der Waals surface area (Å²) in [5.41, 5.74) is 7.06. The van der Waals surface area contributed by atoms with Gasteiger partial charge < -0.3 is 5.32 Å². The van der Waals surface area contributed by atoms with Gasteiger partial charge in [-0.05, 0) is 42.0 Å². The molecular weight excluding hydrogens is 371 g/mol. The van der Waals surface area contributed by atoms with Gasteiger partial charge in [0.25, 0.3) is 0 Å². The summed E-state index contributed by atoms with van der Waals surface area (Å²) >= 11 is 6.69. The third-order valence-corrected chi connectivity index (χ3v) is 4.93. The van der Waals surface area contributed by atoms with Crippen LogP contribution in [0.25, 0.3) is 10.2 Å². The summed E-state index contributed by atoms with van der Waals surface area (Å²) in [5.74, 6) is -0.454. The average Bonchev–Trinajstić information content (AvgIpc) is 3.07. The Morgan fingerprint density at radius 1 is 1.12 bits per heavy atom. The predicted octanol–water partition coefficient (Wildman–Crippen LogP) is 3.06. The van der Waals surface area contributed by atoms with Crippen LogP contribution in [-0.2, 0) is 17.8 Å². The quantitative estimate of drug-likeness (QED) is 0.463. The Morgan fingerprint density at radius 2 is 1.88 bits per heavy atom. The molecule has 26 heavy (non-hydrogen) atoms. The number of halogens is 1. The molecule has 0 aliphatic heterocycles. The second-order valence-corrected chi connectivity index (χ2v) is 7.08. The molecule has 0 unspecified atom stereocenters. The molecule has 0 aliphatic rings. The van der Waals surface area contributed by atoms with Crippen molar-refractivity contribution in [3.8, 4) is 0 Å². The van der Waals surface area contributed by atoms with Gasteiger partial charge in [-0.15, -0.1) is 11.3 Å². The Kier molecular flexibility index (Phi) is 6.08. The molecule has 1 aromatic heterocycles. The first kappa shape index (κ1) is 18.2. The number of aromatic nitrogens is 1. The summed E-state index contributed by atoms with van der Waals surface area (Å²) in [6, 6.07) is 14.0. The van der Waals surface area contributed by atoms with E-state index in [9.17, 15) is 9.18 Å². The zero-order chi connectivity index (χ0) is 18.4. The summed E-state index contributed by atoms with van der Waals surface area (Å²) in [5, 5.41) is 4.16. The van der Waals surface area contributed by atoms with Crippen molar-refractivity contribution in [2.75, 3.05) is 0 Å². The normalized spacial score (nSPS) is 10.5. The van der Waals surface area contributed by atoms with E-state index >= 15 is 0 Å². The van der Waals surface area contributed by atoms with E-state index in [0.717, 1.165) is 20.8 Å². The molecule has 8 heteroatoms. The van der Waals surface area contributed by atoms with Gasteiger partial charge >= 0.3 is 0 Å². The molecule has 3 N–H and O–H groups in total. The van der Waals surface area contributed by atoms with E-state index in [1.807, 2.05) is 24.3 Å². The number of thiocarbonyl (C=S) groups is 1. The number of thiazole rings is 1. The van der Waals surface area contributed by atoms with Crippen molar-refractivity contribution in [1.29, 1.82) is 0 Å². The Morgan fingerprint density at radius 3 is 2.65 bits per heavy atom. The molecule has 0 radical (unpaired) electrons. The summed E-state index contributed by atoms with van der Waals surface area (Å²) in [7, 11) is 0. The maximum atomic E-state index is 12.8. The predicted molar refractivity (Wildman–Crippen MR) is 105 cm³/mol. The molecule has 1 heterocycles. The number of hydrogen-bond donors (Lipinski definition) is 3. The second kappa shape index (κ2) is 8.68. The minimum Gasteiger partial charge on any atom is -0.357 e. The highest BCUT2D eigenvalue weighted by Crippen LogP contribution is 2.22. The van der Waals surface area contributed by atoms with E-state index in [-0.39, 0.29) is 11.7 Å². The molecular formula is C18H17FN4OS2. The number of hydrogen-bond acceptors (Lipinski definition) is 4. The standard InChI is InChI=1S/C18H17FN4OS2/c19-13-7-5-12(6-8-13)11-20-18(25)23-22-16(24)9-10-17-21-14-3-1-2-4-15(14)26-17/h1-8H,9-11H2,(H,22,24)(H2,20,23,25). The van der Waals surface area contributed by atoms with Crippen LogP contribution in [0.3, 0.4) is 0 Å². The van der Waals surface area contributed by atoms with Gasteiger partial charge in [-0.2, -0.15) is 0 Å². The van der Waals surface area contributed by atoms with Gasteiger partial charge in [0, 0.05) is 19.4 Å². The number of carbonyl (C=O) groups excluding carboxylic acids is 1. The van der Waals surface area contributed by atoms with Crippen LogP contribution in [0, 0.1) is 5.82 Å². The molecule has 3 rings (SSSR count). The lowest BCUT2D eigenvalue weighted by atomic mass is 10.2. The number of hydrazine groups is 1. The minimum atomic E-state index is -0.283. The fourth-order valence-electron chi connectivity index (χ4n) is 2.27. The summed E-state index contributed by atoms with van der Waals surface area (Å²) in [6.07, 6.45) is 0.885. The van der Waals surface area contributed by atoms with Crippen molar-refractivity contribution in [1.82, 2.24) is 21.2 Å². The zero-order valence-electron chi connectivity index (χ0n) is 13.8. The van der Waals surface area contributed by atoms with Crippen molar-refractivity contribution in [3.63, 3.8) is 0 Å². The Bertz CT molecular complexity index is 878. The molecule has 134 valence electrons. The van der Waals surface area contributed by atoms with Crippen LogP contribution in [0.2, 0.25) is 0 Å². The van der Waals surface area contributed by atoms with Gasteiger partial charge in [0.15, 0.2) is 5.11 Å². The number of aryl methyl sites for hydroxylation is 1. The summed E-state index contributed by atoms with van der Waals surface area (Å²) in [4.78, 5) is 16.4. The molecule has 0 bridgehead atoms. The van der Waals surface area contributed by atoms with E-state index in [4.69, 9.17) is 12.2 Å². The fourth-order valence-corrected chi connectivity index (χ4v) is 3.36. The smallest absolute Gasteiger partial charge is 0.238 e. The highest BCUT2D eigenvalue weighted by Gasteiger charge is 2.07. The average molecular weight is 388 g/mol. The number of nitrogens with zero attached hydrogens (tertiary/aromatic N) is 1. The first-order chi connectivity index (χ1) is 12.6. The first-order valence-electron chi connectivity index (χ1n) is 8.02. The van der Waals surface area contributed by atoms with Gasteiger partial charge in [-0.3, -0.25) is 15.6 Å². The number of para-hydroxylation sites is 1. The van der Waals surface area contributed by atoms with Crippen LogP contribution in [0.1, 0.15) is 17.0 Å². The monoisotopic (exact) mass is 388 g/mol. The van der Waals surface area contributed by atoms with Crippen molar-refractivity contribution in [2.24, 2.45) is 0 Å². The van der Waals surface area contributed by atoms with Crippen LogP contribution < -0.4 is 16.2 Å². The Hall–Kier alpha value is -2.58. The van der Waals surface area contributed by atoms with E-state index in [1.165, 1.54) is 12.1 Å². The fraction of sp³-hybridized carbons (Fsp3) is 0.167. The van der Waals surface area contributed by atoms with Gasteiger partial charge in [-0.1, -0.05) is 24.3 Å². The van der Waals surface area contributed by atoms with Gasteiger partial charge in [0.2, 0.25) is 5.91 Å². The molecule has 0 atom stereocenters. The van der Waals surface area contributed by atoms with E-state index < -0.39 is 0 Å². The topological polar surface area (TPSA) is 66.0 Å². The molecule has 0 aliphatic carbocycles. The molecule has 3 aromatic rings. The molecule has 0 saturated heterocycles. The third-order valence-electron chi connectivity index (χ3n) is 3.59. The van der Waals surface area contributed by atoms with Gasteiger partial charge in [0.1, 0.15) is 5.82 Å². The number of nitrogens with one attached hydrogen (secondary N) is 3. The van der Waals surface area contributed by atoms with Gasteiger partial charge in [0.05, 0.1) is 15.2 Å². The van der Waals surface area contributed by atoms with Crippen LogP contribution in [0.4, 0.5) is 4.39 Å². The number of rotatable bonds is 5. The Labute approximate surface area is 159 Å². The molecule has 0 spiro atoms. The first-order valence-corrected chi connectivity index (χ1v) is 9.24. The Balaban J connectivity index is 1.37. The van der Waals surface area contributed by atoms with Crippen molar-refractivity contribution < 1.29 is 9.18 Å². The molecule has 5 nitrogen and oxygen atoms in total. The SMILES string of the molecule is O=C(CCc1nc2ccccc2s1)NNC(=S)NCc1ccc(F)cc1. The number of benzene rings is 2. The largest absolute Gasteiger partial charge is 0.357 e. The van der Waals surface area contributed by atoms with E-state index in [2.05, 4.69) is 21.2 Å². The lowest BCUT2D eigenvalue weighted by Gasteiger charge is -2.11. The minimum absolute atomic E-state index is 0.171. The lowest BCUT2D eigenvalue weighted by molar-refractivity contribution is -0.121. The summed E-state index contributed by atoms with van der Waals surface area (Å²) in [6.45, 7) is 0.438. The van der Waals surface area contributed by atoms with Crippen LogP contribution in [-0.4, -0.2) is 16.0 Å². The van der Waals surface area contributed by atoms with Crippen LogP contribution in [0.15, 0.2) is 48.5 Å². The maximum Gasteiger partial charge on any atom is 0.238 e. The number of carbonyl (C=O) groups is 1. The highest BCUT2D eigenvalue weighted by molar-refractivity contribution is 7.80. The second-order valence-electron chi connectivity index (χ2n) is 5.56. The number of amides is 1. The van der Waals surface area contributed by atoms with E-state index in [0.29, 0.717) is 24.5 Å². The molecule has 1 amide bonds. The van der Waals surface area contributed by atoms with Crippen molar-refractivity contribution >= 4 is 44.8 Å². The van der Waals surface area contributed by atoms with Crippen molar-refractivity contribution in [2.45, 2.75) is 19.4 Å².